The van der Waals surface area contributed by atoms with E-state index in [1.807, 2.05) is 74.5 Å². The van der Waals surface area contributed by atoms with Crippen LogP contribution in [-0.4, -0.2) is 34.7 Å². The standard InChI is InChI=1S/C29H30N4O3/c1-3-23(34)18-31-29(36)32-22-14-15-25-24(16-22)26(28(35)30-17-20-10-6-4-7-11-20)19(2)27(33-25)21-12-8-5-9-13-21/h4-16,23,34H,3,17-18H2,1-2H3,(H,30,35)(H2,31,32,36). The number of carbonyl (C=O) groups excluding carboxylic acids is 2. The highest BCUT2D eigenvalue weighted by atomic mass is 16.3. The fraction of sp³-hybridized carbons (Fsp3) is 0.207. The molecule has 0 spiro atoms. The molecule has 7 nitrogen and oxygen atoms in total. The largest absolute Gasteiger partial charge is 0.391 e. The van der Waals surface area contributed by atoms with Gasteiger partial charge in [-0.1, -0.05) is 67.6 Å². The molecule has 1 aromatic heterocycles. The molecule has 3 aromatic carbocycles. The molecule has 184 valence electrons. The van der Waals surface area contributed by atoms with Crippen molar-refractivity contribution in [2.45, 2.75) is 32.9 Å². The van der Waals surface area contributed by atoms with Gasteiger partial charge in [0.15, 0.2) is 0 Å². The lowest BCUT2D eigenvalue weighted by molar-refractivity contribution is 0.0952. The van der Waals surface area contributed by atoms with Gasteiger partial charge in [-0.2, -0.15) is 0 Å². The zero-order valence-corrected chi connectivity index (χ0v) is 20.4. The maximum Gasteiger partial charge on any atom is 0.319 e. The maximum atomic E-state index is 13.5. The van der Waals surface area contributed by atoms with E-state index >= 15 is 0 Å². The van der Waals surface area contributed by atoms with E-state index in [9.17, 15) is 14.7 Å². The Balaban J connectivity index is 1.71. The van der Waals surface area contributed by atoms with Crippen LogP contribution in [0.25, 0.3) is 22.2 Å². The average molecular weight is 483 g/mol. The molecule has 0 saturated heterocycles. The number of hydrogen-bond acceptors (Lipinski definition) is 4. The van der Waals surface area contributed by atoms with Gasteiger partial charge >= 0.3 is 6.03 Å². The molecule has 0 saturated carbocycles. The fourth-order valence-electron chi connectivity index (χ4n) is 4.00. The third kappa shape index (κ3) is 5.87. The molecule has 36 heavy (non-hydrogen) atoms. The van der Waals surface area contributed by atoms with Crippen molar-refractivity contribution >= 4 is 28.5 Å². The molecule has 1 atom stereocenters. The lowest BCUT2D eigenvalue weighted by Gasteiger charge is -2.16. The van der Waals surface area contributed by atoms with Crippen molar-refractivity contribution in [1.82, 2.24) is 15.6 Å². The topological polar surface area (TPSA) is 103 Å². The summed E-state index contributed by atoms with van der Waals surface area (Å²) < 4.78 is 0. The van der Waals surface area contributed by atoms with E-state index in [4.69, 9.17) is 4.98 Å². The molecule has 0 aliphatic rings. The number of anilines is 1. The number of rotatable bonds is 8. The van der Waals surface area contributed by atoms with E-state index in [2.05, 4.69) is 16.0 Å². The van der Waals surface area contributed by atoms with Gasteiger partial charge in [-0.05, 0) is 42.7 Å². The van der Waals surface area contributed by atoms with E-state index in [0.717, 1.165) is 22.4 Å². The molecule has 0 bridgehead atoms. The second-order valence-corrected chi connectivity index (χ2v) is 8.62. The van der Waals surface area contributed by atoms with Crippen molar-refractivity contribution in [1.29, 1.82) is 0 Å². The molecule has 3 amide bonds. The summed E-state index contributed by atoms with van der Waals surface area (Å²) in [5.74, 6) is -0.214. The normalized spacial score (nSPS) is 11.6. The van der Waals surface area contributed by atoms with Crippen LogP contribution in [0.1, 0.15) is 34.8 Å². The molecule has 0 radical (unpaired) electrons. The molecule has 1 unspecified atom stereocenters. The molecule has 1 heterocycles. The van der Waals surface area contributed by atoms with Gasteiger partial charge in [-0.3, -0.25) is 4.79 Å². The summed E-state index contributed by atoms with van der Waals surface area (Å²) in [6.45, 7) is 4.29. The van der Waals surface area contributed by atoms with Gasteiger partial charge in [0.2, 0.25) is 0 Å². The molecular weight excluding hydrogens is 452 g/mol. The summed E-state index contributed by atoms with van der Waals surface area (Å²) in [4.78, 5) is 30.7. The van der Waals surface area contributed by atoms with Gasteiger partial charge < -0.3 is 21.1 Å². The summed E-state index contributed by atoms with van der Waals surface area (Å²) in [7, 11) is 0. The van der Waals surface area contributed by atoms with Crippen LogP contribution in [0, 0.1) is 6.92 Å². The predicted molar refractivity (Wildman–Crippen MR) is 143 cm³/mol. The van der Waals surface area contributed by atoms with Crippen LogP contribution >= 0.6 is 0 Å². The number of hydrogen-bond donors (Lipinski definition) is 4. The Morgan fingerprint density at radius 1 is 0.944 bits per heavy atom. The predicted octanol–water partition coefficient (Wildman–Crippen LogP) is 5.03. The Kier molecular flexibility index (Phi) is 7.92. The smallest absolute Gasteiger partial charge is 0.319 e. The van der Waals surface area contributed by atoms with Gasteiger partial charge in [0.05, 0.1) is 22.9 Å². The van der Waals surface area contributed by atoms with Crippen LogP contribution in [0.5, 0.6) is 0 Å². The number of amides is 3. The Bertz CT molecular complexity index is 1360. The number of nitrogens with one attached hydrogen (secondary N) is 3. The van der Waals surface area contributed by atoms with Gasteiger partial charge in [0.25, 0.3) is 5.91 Å². The summed E-state index contributed by atoms with van der Waals surface area (Å²) in [5.41, 5.74) is 5.10. The van der Waals surface area contributed by atoms with Crippen molar-refractivity contribution in [2.24, 2.45) is 0 Å². The second kappa shape index (κ2) is 11.5. The minimum Gasteiger partial charge on any atom is -0.391 e. The van der Waals surface area contributed by atoms with Crippen LogP contribution in [0.4, 0.5) is 10.5 Å². The Morgan fingerprint density at radius 2 is 1.64 bits per heavy atom. The van der Waals surface area contributed by atoms with Gasteiger partial charge in [-0.25, -0.2) is 9.78 Å². The minimum atomic E-state index is -0.601. The number of aromatic nitrogens is 1. The number of benzene rings is 3. The van der Waals surface area contributed by atoms with Crippen LogP contribution < -0.4 is 16.0 Å². The van der Waals surface area contributed by atoms with Crippen LogP contribution in [0.15, 0.2) is 78.9 Å². The monoisotopic (exact) mass is 482 g/mol. The third-order valence-electron chi connectivity index (χ3n) is 6.03. The van der Waals surface area contributed by atoms with Crippen LogP contribution in [0.3, 0.4) is 0 Å². The average Bonchev–Trinajstić information content (AvgIpc) is 2.91. The van der Waals surface area contributed by atoms with E-state index in [0.29, 0.717) is 35.1 Å². The second-order valence-electron chi connectivity index (χ2n) is 8.62. The third-order valence-corrected chi connectivity index (χ3v) is 6.03. The quantitative estimate of drug-likeness (QED) is 0.283. The maximum absolute atomic E-state index is 13.5. The van der Waals surface area contributed by atoms with E-state index in [1.54, 1.807) is 18.2 Å². The fourth-order valence-corrected chi connectivity index (χ4v) is 4.00. The first-order valence-corrected chi connectivity index (χ1v) is 12.0. The highest BCUT2D eigenvalue weighted by molar-refractivity contribution is 6.10. The van der Waals surface area contributed by atoms with Crippen molar-refractivity contribution in [3.05, 3.63) is 95.6 Å². The van der Waals surface area contributed by atoms with Crippen LogP contribution in [-0.2, 0) is 6.54 Å². The van der Waals surface area contributed by atoms with Crippen molar-refractivity contribution in [2.75, 3.05) is 11.9 Å². The van der Waals surface area contributed by atoms with E-state index in [-0.39, 0.29) is 12.5 Å². The lowest BCUT2D eigenvalue weighted by atomic mass is 9.96. The molecule has 7 heteroatoms. The number of carbonyl (C=O) groups is 2. The molecule has 0 aliphatic heterocycles. The number of fused-ring (bicyclic) bond motifs is 1. The highest BCUT2D eigenvalue weighted by Gasteiger charge is 2.20. The molecule has 0 aliphatic carbocycles. The number of nitrogens with zero attached hydrogens (tertiary/aromatic N) is 1. The number of aliphatic hydroxyl groups is 1. The highest BCUT2D eigenvalue weighted by Crippen LogP contribution is 2.31. The number of aliphatic hydroxyl groups excluding tert-OH is 1. The zero-order valence-electron chi connectivity index (χ0n) is 20.4. The van der Waals surface area contributed by atoms with Crippen molar-refractivity contribution in [3.8, 4) is 11.3 Å². The zero-order chi connectivity index (χ0) is 25.5. The van der Waals surface area contributed by atoms with E-state index in [1.165, 1.54) is 0 Å². The Morgan fingerprint density at radius 3 is 2.33 bits per heavy atom. The molecular formula is C29H30N4O3. The molecule has 4 aromatic rings. The lowest BCUT2D eigenvalue weighted by Crippen LogP contribution is -2.35. The number of urea groups is 1. The summed E-state index contributed by atoms with van der Waals surface area (Å²) in [6, 6.07) is 24.4. The molecule has 0 fully saturated rings. The van der Waals surface area contributed by atoms with Crippen molar-refractivity contribution in [3.63, 3.8) is 0 Å². The Labute approximate surface area is 210 Å². The van der Waals surface area contributed by atoms with Crippen molar-refractivity contribution < 1.29 is 14.7 Å². The van der Waals surface area contributed by atoms with E-state index < -0.39 is 12.1 Å². The first-order valence-electron chi connectivity index (χ1n) is 12.0. The van der Waals surface area contributed by atoms with Gasteiger partial charge in [-0.15, -0.1) is 0 Å². The molecule has 4 N–H and O–H groups in total. The van der Waals surface area contributed by atoms with Gasteiger partial charge in [0.1, 0.15) is 0 Å². The summed E-state index contributed by atoms with van der Waals surface area (Å²) >= 11 is 0. The minimum absolute atomic E-state index is 0.157. The SMILES string of the molecule is CCC(O)CNC(=O)Nc1ccc2nc(-c3ccccc3)c(C)c(C(=O)NCc3ccccc3)c2c1. The summed E-state index contributed by atoms with van der Waals surface area (Å²) in [5, 5.41) is 18.8. The van der Waals surface area contributed by atoms with Crippen LogP contribution in [0.2, 0.25) is 0 Å². The summed E-state index contributed by atoms with van der Waals surface area (Å²) in [6.07, 6.45) is -0.0533. The first-order chi connectivity index (χ1) is 17.5. The number of pyridine rings is 1. The Hall–Kier alpha value is -4.23. The first kappa shape index (κ1) is 24.9. The van der Waals surface area contributed by atoms with Gasteiger partial charge in [0, 0.05) is 29.7 Å². The molecule has 4 rings (SSSR count).